The maximum absolute atomic E-state index is 12.6. The van der Waals surface area contributed by atoms with E-state index in [1.807, 2.05) is 36.4 Å². The molecule has 0 aliphatic carbocycles. The summed E-state index contributed by atoms with van der Waals surface area (Å²) >= 11 is 0. The number of rotatable bonds is 4. The lowest BCUT2D eigenvalue weighted by molar-refractivity contribution is -0.145. The van der Waals surface area contributed by atoms with Crippen LogP contribution in [0.4, 0.5) is 0 Å². The van der Waals surface area contributed by atoms with Crippen LogP contribution >= 0.6 is 0 Å². The van der Waals surface area contributed by atoms with Crippen molar-refractivity contribution in [2.75, 3.05) is 20.2 Å². The predicted octanol–water partition coefficient (Wildman–Crippen LogP) is 2.71. The van der Waals surface area contributed by atoms with Crippen molar-refractivity contribution in [3.8, 4) is 5.75 Å². The molecule has 2 aromatic carbocycles. The van der Waals surface area contributed by atoms with Crippen LogP contribution in [0.25, 0.3) is 10.8 Å². The molecular formula is C19H21NO4. The zero-order valence-electron chi connectivity index (χ0n) is 13.7. The average Bonchev–Trinajstić information content (AvgIpc) is 2.61. The largest absolute Gasteiger partial charge is 0.497 e. The highest BCUT2D eigenvalue weighted by Crippen LogP contribution is 2.25. The Morgan fingerprint density at radius 3 is 2.88 bits per heavy atom. The van der Waals surface area contributed by atoms with Crippen LogP contribution in [0, 0.1) is 5.92 Å². The molecule has 1 aliphatic heterocycles. The predicted molar refractivity (Wildman–Crippen MR) is 91.1 cm³/mol. The first kappa shape index (κ1) is 16.3. The van der Waals surface area contributed by atoms with Crippen molar-refractivity contribution in [1.82, 2.24) is 4.90 Å². The topological polar surface area (TPSA) is 66.8 Å². The van der Waals surface area contributed by atoms with Gasteiger partial charge in [0.25, 0.3) is 0 Å². The smallest absolute Gasteiger partial charge is 0.308 e. The fourth-order valence-electron chi connectivity index (χ4n) is 3.28. The molecule has 5 nitrogen and oxygen atoms in total. The standard InChI is InChI=1S/C19H21NO4/c1-24-16-8-7-13-4-2-5-14(17(13)11-16)10-18(21)20-9-3-6-15(12-20)19(22)23/h2,4-5,7-8,11,15H,3,6,9-10,12H2,1H3,(H,22,23)/t15-/m0/s1. The number of fused-ring (bicyclic) bond motifs is 1. The Morgan fingerprint density at radius 1 is 1.29 bits per heavy atom. The van der Waals surface area contributed by atoms with Gasteiger partial charge in [-0.05, 0) is 41.3 Å². The third kappa shape index (κ3) is 3.35. The Hall–Kier alpha value is -2.56. The normalized spacial score (nSPS) is 17.7. The first-order chi connectivity index (χ1) is 11.6. The van der Waals surface area contributed by atoms with Gasteiger partial charge in [0.1, 0.15) is 5.75 Å². The number of benzene rings is 2. The van der Waals surface area contributed by atoms with E-state index >= 15 is 0 Å². The molecule has 0 unspecified atom stereocenters. The van der Waals surface area contributed by atoms with E-state index in [1.165, 1.54) is 0 Å². The number of carbonyl (C=O) groups is 2. The molecule has 24 heavy (non-hydrogen) atoms. The number of methoxy groups -OCH3 is 1. The van der Waals surface area contributed by atoms with E-state index in [0.717, 1.165) is 28.5 Å². The van der Waals surface area contributed by atoms with Crippen LogP contribution < -0.4 is 4.74 Å². The number of hydrogen-bond donors (Lipinski definition) is 1. The number of likely N-dealkylation sites (tertiary alicyclic amines) is 1. The lowest BCUT2D eigenvalue weighted by Gasteiger charge is -2.31. The molecule has 126 valence electrons. The van der Waals surface area contributed by atoms with E-state index in [2.05, 4.69) is 0 Å². The van der Waals surface area contributed by atoms with Crippen LogP contribution in [0.5, 0.6) is 5.75 Å². The molecule has 1 aliphatic rings. The molecule has 1 fully saturated rings. The average molecular weight is 327 g/mol. The van der Waals surface area contributed by atoms with Gasteiger partial charge in [-0.15, -0.1) is 0 Å². The van der Waals surface area contributed by atoms with Gasteiger partial charge in [-0.1, -0.05) is 24.3 Å². The zero-order chi connectivity index (χ0) is 17.1. The molecule has 1 heterocycles. The number of hydrogen-bond acceptors (Lipinski definition) is 3. The summed E-state index contributed by atoms with van der Waals surface area (Å²) in [6.45, 7) is 0.943. The molecule has 5 heteroatoms. The number of piperidine rings is 1. The van der Waals surface area contributed by atoms with Crippen molar-refractivity contribution in [2.45, 2.75) is 19.3 Å². The van der Waals surface area contributed by atoms with E-state index < -0.39 is 11.9 Å². The summed E-state index contributed by atoms with van der Waals surface area (Å²) in [5.74, 6) is -0.528. The third-order valence-electron chi connectivity index (χ3n) is 4.64. The molecule has 0 bridgehead atoms. The Bertz CT molecular complexity index is 771. The Kier molecular flexibility index (Phi) is 4.69. The number of aliphatic carboxylic acids is 1. The number of carboxylic acids is 1. The van der Waals surface area contributed by atoms with Gasteiger partial charge in [-0.25, -0.2) is 0 Å². The van der Waals surface area contributed by atoms with Crippen LogP contribution in [0.1, 0.15) is 18.4 Å². The number of amides is 1. The number of carboxylic acid groups (broad SMARTS) is 1. The summed E-state index contributed by atoms with van der Waals surface area (Å²) in [5.41, 5.74) is 0.939. The van der Waals surface area contributed by atoms with Gasteiger partial charge in [0, 0.05) is 13.1 Å². The number of nitrogens with zero attached hydrogens (tertiary/aromatic N) is 1. The van der Waals surface area contributed by atoms with Crippen LogP contribution in [0.15, 0.2) is 36.4 Å². The maximum atomic E-state index is 12.6. The van der Waals surface area contributed by atoms with Gasteiger partial charge >= 0.3 is 5.97 Å². The first-order valence-corrected chi connectivity index (χ1v) is 8.14. The fraction of sp³-hybridized carbons (Fsp3) is 0.368. The van der Waals surface area contributed by atoms with Crippen molar-refractivity contribution < 1.29 is 19.4 Å². The van der Waals surface area contributed by atoms with Crippen molar-refractivity contribution in [2.24, 2.45) is 5.92 Å². The SMILES string of the molecule is COc1ccc2cccc(CC(=O)N3CCC[C@H](C(=O)O)C3)c2c1. The molecule has 0 radical (unpaired) electrons. The van der Waals surface area contributed by atoms with E-state index in [1.54, 1.807) is 12.0 Å². The lowest BCUT2D eigenvalue weighted by Crippen LogP contribution is -2.43. The molecule has 2 aromatic rings. The van der Waals surface area contributed by atoms with Gasteiger partial charge in [0.15, 0.2) is 0 Å². The van der Waals surface area contributed by atoms with E-state index in [-0.39, 0.29) is 12.3 Å². The summed E-state index contributed by atoms with van der Waals surface area (Å²) in [6.07, 6.45) is 1.66. The van der Waals surface area contributed by atoms with Crippen LogP contribution in [-0.2, 0) is 16.0 Å². The zero-order valence-corrected chi connectivity index (χ0v) is 13.7. The second kappa shape index (κ2) is 6.91. The van der Waals surface area contributed by atoms with E-state index in [9.17, 15) is 14.7 Å². The van der Waals surface area contributed by atoms with E-state index in [0.29, 0.717) is 19.5 Å². The molecule has 0 aromatic heterocycles. The number of ether oxygens (including phenoxy) is 1. The van der Waals surface area contributed by atoms with Gasteiger partial charge in [-0.2, -0.15) is 0 Å². The van der Waals surface area contributed by atoms with Crippen LogP contribution in [0.3, 0.4) is 0 Å². The monoisotopic (exact) mass is 327 g/mol. The van der Waals surface area contributed by atoms with Crippen LogP contribution in [0.2, 0.25) is 0 Å². The van der Waals surface area contributed by atoms with Crippen LogP contribution in [-0.4, -0.2) is 42.1 Å². The fourth-order valence-corrected chi connectivity index (χ4v) is 3.28. The molecule has 3 rings (SSSR count). The Morgan fingerprint density at radius 2 is 2.12 bits per heavy atom. The summed E-state index contributed by atoms with van der Waals surface area (Å²) in [6, 6.07) is 11.7. The number of carbonyl (C=O) groups excluding carboxylic acids is 1. The molecule has 1 atom stereocenters. The van der Waals surface area contributed by atoms with Gasteiger partial charge in [-0.3, -0.25) is 9.59 Å². The summed E-state index contributed by atoms with van der Waals surface area (Å²) in [7, 11) is 1.62. The second-order valence-corrected chi connectivity index (χ2v) is 6.20. The Balaban J connectivity index is 1.81. The summed E-state index contributed by atoms with van der Waals surface area (Å²) < 4.78 is 5.28. The molecule has 0 spiro atoms. The first-order valence-electron chi connectivity index (χ1n) is 8.14. The summed E-state index contributed by atoms with van der Waals surface area (Å²) in [5, 5.41) is 11.2. The van der Waals surface area contributed by atoms with Crippen molar-refractivity contribution in [3.05, 3.63) is 42.0 Å². The van der Waals surface area contributed by atoms with Crippen molar-refractivity contribution in [1.29, 1.82) is 0 Å². The minimum atomic E-state index is -0.817. The molecule has 1 amide bonds. The third-order valence-corrected chi connectivity index (χ3v) is 4.64. The Labute approximate surface area is 140 Å². The summed E-state index contributed by atoms with van der Waals surface area (Å²) in [4.78, 5) is 25.5. The van der Waals surface area contributed by atoms with Gasteiger partial charge in [0.2, 0.25) is 5.91 Å². The second-order valence-electron chi connectivity index (χ2n) is 6.20. The quantitative estimate of drug-likeness (QED) is 0.937. The van der Waals surface area contributed by atoms with E-state index in [4.69, 9.17) is 4.74 Å². The molecular weight excluding hydrogens is 306 g/mol. The van der Waals surface area contributed by atoms with Gasteiger partial charge in [0.05, 0.1) is 19.4 Å². The van der Waals surface area contributed by atoms with Gasteiger partial charge < -0.3 is 14.7 Å². The highest BCUT2D eigenvalue weighted by molar-refractivity contribution is 5.91. The minimum Gasteiger partial charge on any atom is -0.497 e. The molecule has 1 saturated heterocycles. The van der Waals surface area contributed by atoms with Crippen molar-refractivity contribution >= 4 is 22.6 Å². The lowest BCUT2D eigenvalue weighted by atomic mass is 9.97. The minimum absolute atomic E-state index is 0.0173. The van der Waals surface area contributed by atoms with Crippen molar-refractivity contribution in [3.63, 3.8) is 0 Å². The highest BCUT2D eigenvalue weighted by atomic mass is 16.5. The maximum Gasteiger partial charge on any atom is 0.308 e. The molecule has 0 saturated carbocycles. The highest BCUT2D eigenvalue weighted by Gasteiger charge is 2.28. The molecule has 1 N–H and O–H groups in total.